The third-order valence-corrected chi connectivity index (χ3v) is 5.28. The van der Waals surface area contributed by atoms with Crippen LogP contribution in [-0.4, -0.2) is 41.1 Å². The zero-order valence-corrected chi connectivity index (χ0v) is 16.1. The minimum absolute atomic E-state index is 0. The molecule has 25 heavy (non-hydrogen) atoms. The lowest BCUT2D eigenvalue weighted by Gasteiger charge is -2.38. The van der Waals surface area contributed by atoms with Crippen LogP contribution in [0, 0.1) is 23.0 Å². The van der Waals surface area contributed by atoms with E-state index >= 15 is 0 Å². The minimum atomic E-state index is -0.461. The van der Waals surface area contributed by atoms with Crippen molar-refractivity contribution in [2.45, 2.75) is 38.6 Å². The first-order chi connectivity index (χ1) is 11.1. The van der Waals surface area contributed by atoms with Gasteiger partial charge in [0, 0.05) is 43.3 Å². The molecule has 1 saturated carbocycles. The molecular weight excluding hydrogens is 365 g/mol. The maximum absolute atomic E-state index is 11.3. The van der Waals surface area contributed by atoms with Crippen LogP contribution in [0.2, 0.25) is 0 Å². The molecule has 0 spiro atoms. The summed E-state index contributed by atoms with van der Waals surface area (Å²) >= 11 is 0. The number of phenols is 1. The van der Waals surface area contributed by atoms with Crippen molar-refractivity contribution in [3.63, 3.8) is 0 Å². The molecule has 1 aromatic carbocycles. The molecule has 8 heteroatoms. The summed E-state index contributed by atoms with van der Waals surface area (Å²) in [5.41, 5.74) is 1.11. The van der Waals surface area contributed by atoms with Gasteiger partial charge in [-0.2, -0.15) is 0 Å². The Hall–Kier alpha value is -1.08. The number of nitro benzene ring substituents is 1. The van der Waals surface area contributed by atoms with E-state index in [4.69, 9.17) is 0 Å². The Bertz CT molecular complexity index is 589. The maximum atomic E-state index is 11.3. The maximum Gasteiger partial charge on any atom is 0.313 e. The number of aryl methyl sites for hydroxylation is 1. The molecule has 142 valence electrons. The van der Waals surface area contributed by atoms with Gasteiger partial charge in [0.05, 0.1) is 4.92 Å². The Labute approximate surface area is 160 Å². The number of halogens is 2. The summed E-state index contributed by atoms with van der Waals surface area (Å²) in [5.74, 6) is 0.340. The standard InChI is InChI=1S/C17H25N3O3.2ClH/c1-12-6-7-14(17(21)15(12)20(22)23)16(13-4-2-3-5-13)19-10-8-18-9-11-19;;/h6-7,13,16,18,21H,2-5,8-11H2,1H3;2*1H/t16-;;/m0../s1. The molecule has 0 unspecified atom stereocenters. The van der Waals surface area contributed by atoms with Crippen LogP contribution >= 0.6 is 24.8 Å². The van der Waals surface area contributed by atoms with Crippen LogP contribution < -0.4 is 5.32 Å². The largest absolute Gasteiger partial charge is 0.502 e. The summed E-state index contributed by atoms with van der Waals surface area (Å²) < 4.78 is 0. The van der Waals surface area contributed by atoms with Crippen molar-refractivity contribution in [1.82, 2.24) is 10.2 Å². The van der Waals surface area contributed by atoms with Gasteiger partial charge in [-0.15, -0.1) is 24.8 Å². The SMILES string of the molecule is Cc1ccc([C@H](C2CCCC2)N2CCNCC2)c(O)c1[N+](=O)[O-].Cl.Cl. The highest BCUT2D eigenvalue weighted by Gasteiger charge is 2.35. The van der Waals surface area contributed by atoms with E-state index in [1.165, 1.54) is 12.8 Å². The van der Waals surface area contributed by atoms with E-state index in [2.05, 4.69) is 10.2 Å². The second-order valence-corrected chi connectivity index (χ2v) is 6.70. The second kappa shape index (κ2) is 9.57. The average Bonchev–Trinajstić information content (AvgIpc) is 3.05. The fourth-order valence-corrected chi connectivity index (χ4v) is 4.15. The quantitative estimate of drug-likeness (QED) is 0.605. The van der Waals surface area contributed by atoms with Gasteiger partial charge in [0.2, 0.25) is 0 Å². The number of rotatable bonds is 4. The monoisotopic (exact) mass is 391 g/mol. The number of benzene rings is 1. The summed E-state index contributed by atoms with van der Waals surface area (Å²) in [6, 6.07) is 3.75. The van der Waals surface area contributed by atoms with Gasteiger partial charge in [0.1, 0.15) is 0 Å². The van der Waals surface area contributed by atoms with Crippen LogP contribution in [0.1, 0.15) is 42.9 Å². The van der Waals surface area contributed by atoms with Crippen molar-refractivity contribution >= 4 is 30.5 Å². The van der Waals surface area contributed by atoms with Crippen LogP contribution in [0.3, 0.4) is 0 Å². The van der Waals surface area contributed by atoms with E-state index in [-0.39, 0.29) is 42.3 Å². The van der Waals surface area contributed by atoms with Gasteiger partial charge >= 0.3 is 5.69 Å². The van der Waals surface area contributed by atoms with Crippen molar-refractivity contribution in [2.24, 2.45) is 5.92 Å². The fraction of sp³-hybridized carbons (Fsp3) is 0.647. The number of nitro groups is 1. The smallest absolute Gasteiger partial charge is 0.313 e. The molecule has 3 rings (SSSR count). The number of aromatic hydroxyl groups is 1. The van der Waals surface area contributed by atoms with Gasteiger partial charge in [-0.3, -0.25) is 15.0 Å². The van der Waals surface area contributed by atoms with Gasteiger partial charge in [0.15, 0.2) is 5.75 Å². The number of nitrogens with one attached hydrogen (secondary N) is 1. The van der Waals surface area contributed by atoms with Gasteiger partial charge in [-0.05, 0) is 25.7 Å². The van der Waals surface area contributed by atoms with Crippen LogP contribution in [-0.2, 0) is 0 Å². The molecule has 0 aromatic heterocycles. The molecule has 2 N–H and O–H groups in total. The number of piperazine rings is 1. The van der Waals surface area contributed by atoms with Crippen LogP contribution in [0.25, 0.3) is 0 Å². The number of nitrogens with zero attached hydrogens (tertiary/aromatic N) is 2. The van der Waals surface area contributed by atoms with Gasteiger partial charge in [-0.1, -0.05) is 25.0 Å². The first kappa shape index (κ1) is 22.0. The molecule has 2 fully saturated rings. The minimum Gasteiger partial charge on any atom is -0.502 e. The highest BCUT2D eigenvalue weighted by Crippen LogP contribution is 2.45. The summed E-state index contributed by atoms with van der Waals surface area (Å²) in [5, 5.41) is 25.3. The van der Waals surface area contributed by atoms with Gasteiger partial charge < -0.3 is 10.4 Å². The topological polar surface area (TPSA) is 78.6 Å². The van der Waals surface area contributed by atoms with Crippen LogP contribution in [0.4, 0.5) is 5.69 Å². The zero-order chi connectivity index (χ0) is 16.4. The number of hydrogen-bond acceptors (Lipinski definition) is 5. The Morgan fingerprint density at radius 1 is 1.24 bits per heavy atom. The van der Waals surface area contributed by atoms with Crippen LogP contribution in [0.15, 0.2) is 12.1 Å². The zero-order valence-electron chi connectivity index (χ0n) is 14.4. The van der Waals surface area contributed by atoms with E-state index < -0.39 is 4.92 Å². The summed E-state index contributed by atoms with van der Waals surface area (Å²) in [7, 11) is 0. The Kier molecular flexibility index (Phi) is 8.41. The normalized spacial score (nSPS) is 19.7. The molecule has 0 amide bonds. The molecule has 1 aliphatic carbocycles. The number of hydrogen-bond donors (Lipinski definition) is 2. The van der Waals surface area contributed by atoms with E-state index in [9.17, 15) is 15.2 Å². The molecule has 1 aromatic rings. The molecular formula is C17H27Cl2N3O3. The first-order valence-corrected chi connectivity index (χ1v) is 8.51. The predicted molar refractivity (Wildman–Crippen MR) is 103 cm³/mol. The molecule has 1 saturated heterocycles. The Morgan fingerprint density at radius 2 is 1.84 bits per heavy atom. The van der Waals surface area contributed by atoms with E-state index in [0.29, 0.717) is 11.5 Å². The molecule has 2 aliphatic rings. The third kappa shape index (κ3) is 4.56. The van der Waals surface area contributed by atoms with Crippen LogP contribution in [0.5, 0.6) is 5.75 Å². The lowest BCUT2D eigenvalue weighted by molar-refractivity contribution is -0.386. The molecule has 1 atom stereocenters. The summed E-state index contributed by atoms with van der Waals surface area (Å²) in [6.07, 6.45) is 4.69. The summed E-state index contributed by atoms with van der Waals surface area (Å²) in [4.78, 5) is 13.3. The third-order valence-electron chi connectivity index (χ3n) is 5.28. The van der Waals surface area contributed by atoms with Crippen molar-refractivity contribution < 1.29 is 10.0 Å². The highest BCUT2D eigenvalue weighted by atomic mass is 35.5. The molecule has 1 aliphatic heterocycles. The van der Waals surface area contributed by atoms with Gasteiger partial charge in [0.25, 0.3) is 0 Å². The highest BCUT2D eigenvalue weighted by molar-refractivity contribution is 5.85. The van der Waals surface area contributed by atoms with Crippen molar-refractivity contribution in [1.29, 1.82) is 0 Å². The fourth-order valence-electron chi connectivity index (χ4n) is 4.15. The van der Waals surface area contributed by atoms with Gasteiger partial charge in [-0.25, -0.2) is 0 Å². The van der Waals surface area contributed by atoms with Crippen molar-refractivity contribution in [2.75, 3.05) is 26.2 Å². The molecule has 0 bridgehead atoms. The summed E-state index contributed by atoms with van der Waals surface area (Å²) in [6.45, 7) is 5.37. The van der Waals surface area contributed by atoms with E-state index in [0.717, 1.165) is 44.6 Å². The average molecular weight is 392 g/mol. The van der Waals surface area contributed by atoms with E-state index in [1.54, 1.807) is 13.0 Å². The molecule has 6 nitrogen and oxygen atoms in total. The number of phenolic OH excluding ortho intramolecular Hbond substituents is 1. The second-order valence-electron chi connectivity index (χ2n) is 6.70. The Morgan fingerprint density at radius 3 is 2.40 bits per heavy atom. The molecule has 0 radical (unpaired) electrons. The first-order valence-electron chi connectivity index (χ1n) is 8.51. The lowest BCUT2D eigenvalue weighted by Crippen LogP contribution is -2.46. The van der Waals surface area contributed by atoms with E-state index in [1.807, 2.05) is 6.07 Å². The molecule has 1 heterocycles. The van der Waals surface area contributed by atoms with Crippen molar-refractivity contribution in [3.8, 4) is 5.75 Å². The predicted octanol–water partition coefficient (Wildman–Crippen LogP) is 3.59. The Balaban J connectivity index is 0.00000156. The van der Waals surface area contributed by atoms with Crippen molar-refractivity contribution in [3.05, 3.63) is 33.4 Å². The lowest BCUT2D eigenvalue weighted by atomic mass is 9.88.